The topological polar surface area (TPSA) is 90.4 Å². The fourth-order valence-electron chi connectivity index (χ4n) is 5.57. The van der Waals surface area contributed by atoms with E-state index in [2.05, 4.69) is 6.92 Å². The molecule has 1 spiro atoms. The Morgan fingerprint density at radius 3 is 2.65 bits per heavy atom. The van der Waals surface area contributed by atoms with Crippen LogP contribution in [-0.4, -0.2) is 94.6 Å². The third-order valence-corrected chi connectivity index (χ3v) is 7.15. The van der Waals surface area contributed by atoms with Crippen molar-refractivity contribution in [3.63, 3.8) is 0 Å². The van der Waals surface area contributed by atoms with Crippen molar-refractivity contribution in [2.75, 3.05) is 33.3 Å². The van der Waals surface area contributed by atoms with Crippen molar-refractivity contribution >= 4 is 17.7 Å². The molecule has 0 aromatic rings. The molecular formula is C23H33N3O5. The number of unbranched alkanes of at least 4 members (excludes halogenated alkanes) is 2. The molecule has 0 bridgehead atoms. The summed E-state index contributed by atoms with van der Waals surface area (Å²) in [4.78, 5) is 45.6. The first-order chi connectivity index (χ1) is 14.9. The van der Waals surface area contributed by atoms with Gasteiger partial charge < -0.3 is 24.5 Å². The van der Waals surface area contributed by atoms with Crippen LogP contribution in [0.5, 0.6) is 0 Å². The van der Waals surface area contributed by atoms with Crippen LogP contribution in [0.2, 0.25) is 0 Å². The maximum atomic E-state index is 13.8. The third-order valence-electron chi connectivity index (χ3n) is 7.15. The van der Waals surface area contributed by atoms with Gasteiger partial charge in [-0.1, -0.05) is 44.1 Å². The molecule has 0 aromatic carbocycles. The Hall–Kier alpha value is -2.19. The number of likely N-dealkylation sites (tertiary alicyclic amines) is 1. The van der Waals surface area contributed by atoms with Crippen LogP contribution in [0, 0.1) is 11.8 Å². The summed E-state index contributed by atoms with van der Waals surface area (Å²) in [7, 11) is 1.72. The van der Waals surface area contributed by atoms with Gasteiger partial charge in [0.15, 0.2) is 0 Å². The Labute approximate surface area is 183 Å². The summed E-state index contributed by atoms with van der Waals surface area (Å²) in [6.45, 7) is 5.10. The Bertz CT molecular complexity index is 811. The van der Waals surface area contributed by atoms with Gasteiger partial charge in [0.25, 0.3) is 0 Å². The monoisotopic (exact) mass is 431 g/mol. The summed E-state index contributed by atoms with van der Waals surface area (Å²) in [6, 6.07) is -1.44. The fourth-order valence-corrected chi connectivity index (χ4v) is 5.57. The van der Waals surface area contributed by atoms with Crippen molar-refractivity contribution in [2.45, 2.75) is 56.9 Å². The molecule has 170 valence electrons. The number of carbonyl (C=O) groups is 3. The normalized spacial score (nSPS) is 35.7. The number of nitrogens with zero attached hydrogens (tertiary/aromatic N) is 3. The van der Waals surface area contributed by atoms with E-state index in [1.165, 1.54) is 4.90 Å². The van der Waals surface area contributed by atoms with Gasteiger partial charge >= 0.3 is 0 Å². The fraction of sp³-hybridized carbons (Fsp3) is 0.696. The lowest BCUT2D eigenvalue weighted by atomic mass is 9.77. The molecule has 8 nitrogen and oxygen atoms in total. The Kier molecular flexibility index (Phi) is 5.96. The van der Waals surface area contributed by atoms with E-state index >= 15 is 0 Å². The van der Waals surface area contributed by atoms with E-state index in [0.717, 1.165) is 19.3 Å². The number of aliphatic hydroxyl groups excluding tert-OH is 1. The van der Waals surface area contributed by atoms with E-state index < -0.39 is 35.6 Å². The van der Waals surface area contributed by atoms with Crippen LogP contribution in [0.25, 0.3) is 0 Å². The quantitative estimate of drug-likeness (QED) is 0.490. The number of aliphatic hydroxyl groups is 1. The van der Waals surface area contributed by atoms with Gasteiger partial charge in [-0.2, -0.15) is 0 Å². The van der Waals surface area contributed by atoms with Gasteiger partial charge in [0, 0.05) is 26.7 Å². The lowest BCUT2D eigenvalue weighted by Crippen LogP contribution is -2.57. The molecule has 4 heterocycles. The van der Waals surface area contributed by atoms with Crippen LogP contribution in [-0.2, 0) is 19.1 Å². The summed E-state index contributed by atoms with van der Waals surface area (Å²) in [6.07, 6.45) is 9.89. The number of likely N-dealkylation sites (N-methyl/N-ethyl adjacent to an activating group) is 1. The second-order valence-electron chi connectivity index (χ2n) is 9.16. The van der Waals surface area contributed by atoms with E-state index in [1.807, 2.05) is 24.3 Å². The number of ether oxygens (including phenoxy) is 1. The zero-order chi connectivity index (χ0) is 22.3. The summed E-state index contributed by atoms with van der Waals surface area (Å²) >= 11 is 0. The van der Waals surface area contributed by atoms with Gasteiger partial charge in [-0.15, -0.1) is 0 Å². The van der Waals surface area contributed by atoms with Crippen LogP contribution < -0.4 is 0 Å². The first-order valence-corrected chi connectivity index (χ1v) is 11.4. The first kappa shape index (κ1) is 22.0. The molecule has 4 aliphatic heterocycles. The van der Waals surface area contributed by atoms with Crippen molar-refractivity contribution in [3.8, 4) is 0 Å². The van der Waals surface area contributed by atoms with E-state index in [9.17, 15) is 19.5 Å². The number of rotatable bonds is 6. The molecular weight excluding hydrogens is 398 g/mol. The first-order valence-electron chi connectivity index (χ1n) is 11.4. The maximum absolute atomic E-state index is 13.8. The van der Waals surface area contributed by atoms with Gasteiger partial charge in [-0.25, -0.2) is 0 Å². The predicted octanol–water partition coefficient (Wildman–Crippen LogP) is 0.565. The highest BCUT2D eigenvalue weighted by Crippen LogP contribution is 2.53. The highest BCUT2D eigenvalue weighted by molar-refractivity contribution is 6.00. The number of fused-ring (bicyclic) bond motifs is 2. The standard InChI is InChI=1S/C23H33N3O5/c1-4-5-6-12-25-13-8-10-23-18(17-16(31-23)9-7-11-24(3)20(17)28)21(29)26(15(2)14-27)19(23)22(25)30/h7-10,15-19,27H,4-6,11-14H2,1-3H3/t15-,16-,17+,18+,19?,23+/m1/s1. The summed E-state index contributed by atoms with van der Waals surface area (Å²) in [5.74, 6) is -2.07. The van der Waals surface area contributed by atoms with Gasteiger partial charge in [0.1, 0.15) is 11.6 Å². The molecule has 0 saturated carbocycles. The number of carbonyl (C=O) groups excluding carboxylic acids is 3. The average Bonchev–Trinajstić information content (AvgIpc) is 3.09. The maximum Gasteiger partial charge on any atom is 0.249 e. The molecule has 1 unspecified atom stereocenters. The molecule has 2 fully saturated rings. The lowest BCUT2D eigenvalue weighted by Gasteiger charge is -2.37. The van der Waals surface area contributed by atoms with Crippen LogP contribution in [0.4, 0.5) is 0 Å². The van der Waals surface area contributed by atoms with Crippen molar-refractivity contribution in [3.05, 3.63) is 24.3 Å². The van der Waals surface area contributed by atoms with Gasteiger partial charge in [0.05, 0.1) is 30.6 Å². The predicted molar refractivity (Wildman–Crippen MR) is 114 cm³/mol. The minimum absolute atomic E-state index is 0.146. The summed E-state index contributed by atoms with van der Waals surface area (Å²) in [5, 5.41) is 9.87. The summed E-state index contributed by atoms with van der Waals surface area (Å²) in [5.41, 5.74) is -1.20. The largest absolute Gasteiger partial charge is 0.394 e. The minimum atomic E-state index is -1.20. The van der Waals surface area contributed by atoms with Crippen molar-refractivity contribution < 1.29 is 24.2 Å². The Morgan fingerprint density at radius 1 is 1.16 bits per heavy atom. The summed E-state index contributed by atoms with van der Waals surface area (Å²) < 4.78 is 6.49. The van der Waals surface area contributed by atoms with Crippen LogP contribution in [0.1, 0.15) is 33.1 Å². The van der Waals surface area contributed by atoms with Crippen molar-refractivity contribution in [2.24, 2.45) is 11.8 Å². The van der Waals surface area contributed by atoms with E-state index in [-0.39, 0.29) is 24.3 Å². The molecule has 8 heteroatoms. The molecule has 0 aliphatic carbocycles. The third kappa shape index (κ3) is 3.31. The minimum Gasteiger partial charge on any atom is -0.394 e. The molecule has 4 aliphatic rings. The molecule has 31 heavy (non-hydrogen) atoms. The molecule has 6 atom stereocenters. The SMILES string of the molecule is CCCCCN1CC=C[C@]23O[C@@H]4C=CCN(C)C(=O)[C@@H]4[C@H]2C(=O)N([C@H](C)CO)C3C1=O. The van der Waals surface area contributed by atoms with Crippen molar-refractivity contribution in [1.29, 1.82) is 0 Å². The molecule has 0 radical (unpaired) electrons. The molecule has 3 amide bonds. The van der Waals surface area contributed by atoms with Gasteiger partial charge in [-0.05, 0) is 13.3 Å². The van der Waals surface area contributed by atoms with Crippen LogP contribution >= 0.6 is 0 Å². The van der Waals surface area contributed by atoms with E-state index in [0.29, 0.717) is 19.6 Å². The van der Waals surface area contributed by atoms with Crippen LogP contribution in [0.3, 0.4) is 0 Å². The molecule has 2 saturated heterocycles. The highest BCUT2D eigenvalue weighted by Gasteiger charge is 2.72. The highest BCUT2D eigenvalue weighted by atomic mass is 16.5. The molecule has 4 rings (SSSR count). The smallest absolute Gasteiger partial charge is 0.249 e. The Morgan fingerprint density at radius 2 is 1.94 bits per heavy atom. The molecule has 1 N–H and O–H groups in total. The van der Waals surface area contributed by atoms with Gasteiger partial charge in [-0.3, -0.25) is 14.4 Å². The van der Waals surface area contributed by atoms with E-state index in [1.54, 1.807) is 23.8 Å². The van der Waals surface area contributed by atoms with Gasteiger partial charge in [0.2, 0.25) is 17.7 Å². The number of amides is 3. The molecule has 0 aromatic heterocycles. The zero-order valence-corrected chi connectivity index (χ0v) is 18.6. The average molecular weight is 432 g/mol. The van der Waals surface area contributed by atoms with Crippen molar-refractivity contribution in [1.82, 2.24) is 14.7 Å². The zero-order valence-electron chi connectivity index (χ0n) is 18.6. The second kappa shape index (κ2) is 8.39. The number of hydrogen-bond acceptors (Lipinski definition) is 5. The Balaban J connectivity index is 1.78. The second-order valence-corrected chi connectivity index (χ2v) is 9.16. The number of hydrogen-bond donors (Lipinski definition) is 1. The lowest BCUT2D eigenvalue weighted by molar-refractivity contribution is -0.150. The van der Waals surface area contributed by atoms with E-state index in [4.69, 9.17) is 4.74 Å². The van der Waals surface area contributed by atoms with Crippen LogP contribution in [0.15, 0.2) is 24.3 Å².